The van der Waals surface area contributed by atoms with Gasteiger partial charge in [0.15, 0.2) is 5.79 Å². The molecule has 2 saturated heterocycles. The van der Waals surface area contributed by atoms with Crippen molar-refractivity contribution >= 4 is 11.6 Å². The lowest BCUT2D eigenvalue weighted by atomic mass is 10.0. The zero-order valence-electron chi connectivity index (χ0n) is 11.9. The molecule has 1 amide bonds. The minimum absolute atomic E-state index is 0.108. The highest BCUT2D eigenvalue weighted by Crippen LogP contribution is 2.31. The molecule has 2 N–H and O–H groups in total. The largest absolute Gasteiger partial charge is 0.395 e. The molecule has 3 rings (SSSR count). The van der Waals surface area contributed by atoms with Crippen LogP contribution in [-0.4, -0.2) is 52.7 Å². The van der Waals surface area contributed by atoms with Crippen LogP contribution in [0.5, 0.6) is 0 Å². The number of ether oxygens (including phenoxy) is 2. The third-order valence-corrected chi connectivity index (χ3v) is 3.99. The number of likely N-dealkylation sites (tertiary alicyclic amines) is 1. The van der Waals surface area contributed by atoms with Gasteiger partial charge in [0, 0.05) is 20.0 Å². The summed E-state index contributed by atoms with van der Waals surface area (Å²) in [7, 11) is 1.73. The first-order chi connectivity index (χ1) is 9.52. The summed E-state index contributed by atoms with van der Waals surface area (Å²) in [6.45, 7) is 4.13. The van der Waals surface area contributed by atoms with E-state index in [0.29, 0.717) is 43.4 Å². The summed E-state index contributed by atoms with van der Waals surface area (Å²) in [5.74, 6) is -0.722. The predicted octanol–water partition coefficient (Wildman–Crippen LogP) is 0.290. The molecule has 20 heavy (non-hydrogen) atoms. The maximum atomic E-state index is 12.7. The van der Waals surface area contributed by atoms with E-state index in [2.05, 4.69) is 5.10 Å². The van der Waals surface area contributed by atoms with Crippen molar-refractivity contribution in [1.29, 1.82) is 0 Å². The Hall–Kier alpha value is -1.60. The van der Waals surface area contributed by atoms with Crippen LogP contribution in [0, 0.1) is 6.92 Å². The summed E-state index contributed by atoms with van der Waals surface area (Å²) in [5.41, 5.74) is 7.53. The Kier molecular flexibility index (Phi) is 3.18. The van der Waals surface area contributed by atoms with E-state index in [1.165, 1.54) is 0 Å². The highest BCUT2D eigenvalue weighted by atomic mass is 16.7. The fraction of sp³-hybridized carbons (Fsp3) is 0.692. The Morgan fingerprint density at radius 3 is 2.70 bits per heavy atom. The molecular weight excluding hydrogens is 260 g/mol. The first-order valence-electron chi connectivity index (χ1n) is 6.89. The van der Waals surface area contributed by atoms with Crippen molar-refractivity contribution in [3.63, 3.8) is 0 Å². The number of piperidine rings is 1. The molecule has 1 aromatic rings. The average molecular weight is 280 g/mol. The van der Waals surface area contributed by atoms with Gasteiger partial charge < -0.3 is 20.1 Å². The molecule has 2 aliphatic rings. The van der Waals surface area contributed by atoms with Crippen molar-refractivity contribution in [2.45, 2.75) is 25.6 Å². The SMILES string of the molecule is Cc1nn(C)c(C(=O)N2CCCC3(C2)OCCO3)c1N. The third kappa shape index (κ3) is 2.06. The number of hydrogen-bond acceptors (Lipinski definition) is 5. The summed E-state index contributed by atoms with van der Waals surface area (Å²) >= 11 is 0. The zero-order valence-corrected chi connectivity index (χ0v) is 11.9. The van der Waals surface area contributed by atoms with Crippen LogP contribution in [0.4, 0.5) is 5.69 Å². The van der Waals surface area contributed by atoms with E-state index >= 15 is 0 Å². The van der Waals surface area contributed by atoms with Gasteiger partial charge >= 0.3 is 0 Å². The van der Waals surface area contributed by atoms with E-state index in [1.54, 1.807) is 23.6 Å². The lowest BCUT2D eigenvalue weighted by Gasteiger charge is -2.38. The highest BCUT2D eigenvalue weighted by molar-refractivity contribution is 5.98. The van der Waals surface area contributed by atoms with Gasteiger partial charge in [-0.2, -0.15) is 5.10 Å². The van der Waals surface area contributed by atoms with Crippen molar-refractivity contribution in [2.75, 3.05) is 32.0 Å². The van der Waals surface area contributed by atoms with Crippen molar-refractivity contribution in [2.24, 2.45) is 7.05 Å². The van der Waals surface area contributed by atoms with Crippen LogP contribution in [0.15, 0.2) is 0 Å². The molecule has 2 aliphatic heterocycles. The van der Waals surface area contributed by atoms with Crippen LogP contribution in [0.2, 0.25) is 0 Å². The molecule has 7 heteroatoms. The van der Waals surface area contributed by atoms with E-state index < -0.39 is 5.79 Å². The zero-order chi connectivity index (χ0) is 14.3. The van der Waals surface area contributed by atoms with Crippen LogP contribution in [-0.2, 0) is 16.5 Å². The molecule has 2 fully saturated rings. The Labute approximate surface area is 117 Å². The number of hydrogen-bond donors (Lipinski definition) is 1. The predicted molar refractivity (Wildman–Crippen MR) is 72.1 cm³/mol. The van der Waals surface area contributed by atoms with Gasteiger partial charge in [0.05, 0.1) is 31.1 Å². The van der Waals surface area contributed by atoms with Crippen LogP contribution in [0.25, 0.3) is 0 Å². The number of rotatable bonds is 1. The van der Waals surface area contributed by atoms with Gasteiger partial charge in [0.25, 0.3) is 5.91 Å². The van der Waals surface area contributed by atoms with Crippen LogP contribution in [0.1, 0.15) is 29.0 Å². The Bertz CT molecular complexity index is 534. The fourth-order valence-electron chi connectivity index (χ4n) is 2.97. The molecule has 0 atom stereocenters. The number of carbonyl (C=O) groups is 1. The van der Waals surface area contributed by atoms with E-state index in [9.17, 15) is 4.79 Å². The molecule has 0 saturated carbocycles. The number of amides is 1. The maximum absolute atomic E-state index is 12.7. The highest BCUT2D eigenvalue weighted by Gasteiger charge is 2.42. The number of nitrogens with two attached hydrogens (primary N) is 1. The molecule has 0 aromatic carbocycles. The molecular formula is C13H20N4O3. The molecule has 0 radical (unpaired) electrons. The van der Waals surface area contributed by atoms with Crippen molar-refractivity contribution in [3.05, 3.63) is 11.4 Å². The molecule has 0 unspecified atom stereocenters. The lowest BCUT2D eigenvalue weighted by Crippen LogP contribution is -2.51. The minimum atomic E-state index is -0.615. The molecule has 0 bridgehead atoms. The van der Waals surface area contributed by atoms with E-state index in [1.807, 2.05) is 0 Å². The standard InChI is InChI=1S/C13H20N4O3/c1-9-10(14)11(16(2)15-9)12(18)17-5-3-4-13(8-17)19-6-7-20-13/h3-8,14H2,1-2H3. The number of nitrogen functional groups attached to an aromatic ring is 1. The topological polar surface area (TPSA) is 82.6 Å². The van der Waals surface area contributed by atoms with Gasteiger partial charge in [-0.3, -0.25) is 9.48 Å². The van der Waals surface area contributed by atoms with Crippen LogP contribution in [0.3, 0.4) is 0 Å². The lowest BCUT2D eigenvalue weighted by molar-refractivity contribution is -0.183. The maximum Gasteiger partial charge on any atom is 0.274 e. The van der Waals surface area contributed by atoms with Gasteiger partial charge in [-0.1, -0.05) is 0 Å². The summed E-state index contributed by atoms with van der Waals surface area (Å²) < 4.78 is 12.9. The minimum Gasteiger partial charge on any atom is -0.395 e. The second-order valence-electron chi connectivity index (χ2n) is 5.41. The number of nitrogens with zero attached hydrogens (tertiary/aromatic N) is 3. The second-order valence-corrected chi connectivity index (χ2v) is 5.41. The Balaban J connectivity index is 1.83. The number of carbonyl (C=O) groups excluding carboxylic acids is 1. The molecule has 0 aliphatic carbocycles. The van der Waals surface area contributed by atoms with Crippen LogP contribution >= 0.6 is 0 Å². The second kappa shape index (κ2) is 4.75. The molecule has 1 aromatic heterocycles. The van der Waals surface area contributed by atoms with Gasteiger partial charge in [-0.05, 0) is 13.3 Å². The van der Waals surface area contributed by atoms with Gasteiger partial charge in [-0.15, -0.1) is 0 Å². The van der Waals surface area contributed by atoms with E-state index in [0.717, 1.165) is 12.8 Å². The first-order valence-corrected chi connectivity index (χ1v) is 6.89. The molecule has 1 spiro atoms. The first kappa shape index (κ1) is 13.4. The van der Waals surface area contributed by atoms with Crippen LogP contribution < -0.4 is 5.73 Å². The van der Waals surface area contributed by atoms with Gasteiger partial charge in [0.1, 0.15) is 5.69 Å². The fourth-order valence-corrected chi connectivity index (χ4v) is 2.97. The molecule has 3 heterocycles. The summed E-state index contributed by atoms with van der Waals surface area (Å²) in [4.78, 5) is 14.4. The van der Waals surface area contributed by atoms with E-state index in [-0.39, 0.29) is 5.91 Å². The summed E-state index contributed by atoms with van der Waals surface area (Å²) in [5, 5.41) is 4.20. The number of aryl methyl sites for hydroxylation is 2. The Morgan fingerprint density at radius 2 is 2.10 bits per heavy atom. The monoisotopic (exact) mass is 280 g/mol. The quantitative estimate of drug-likeness (QED) is 0.799. The van der Waals surface area contributed by atoms with Crippen molar-refractivity contribution < 1.29 is 14.3 Å². The van der Waals surface area contributed by atoms with Gasteiger partial charge in [-0.25, -0.2) is 0 Å². The summed E-state index contributed by atoms with van der Waals surface area (Å²) in [6.07, 6.45) is 1.69. The smallest absolute Gasteiger partial charge is 0.274 e. The number of anilines is 1. The van der Waals surface area contributed by atoms with E-state index in [4.69, 9.17) is 15.2 Å². The van der Waals surface area contributed by atoms with Gasteiger partial charge in [0.2, 0.25) is 0 Å². The molecule has 110 valence electrons. The Morgan fingerprint density at radius 1 is 1.40 bits per heavy atom. The number of aromatic nitrogens is 2. The molecule has 7 nitrogen and oxygen atoms in total. The van der Waals surface area contributed by atoms with Crippen molar-refractivity contribution in [1.82, 2.24) is 14.7 Å². The third-order valence-electron chi connectivity index (χ3n) is 3.99. The summed E-state index contributed by atoms with van der Waals surface area (Å²) in [6, 6.07) is 0. The van der Waals surface area contributed by atoms with Crippen molar-refractivity contribution in [3.8, 4) is 0 Å². The normalized spacial score (nSPS) is 21.6. The average Bonchev–Trinajstić information content (AvgIpc) is 2.95.